The maximum absolute atomic E-state index is 6.19. The zero-order chi connectivity index (χ0) is 10.2. The average molecular weight is 274 g/mol. The van der Waals surface area contributed by atoms with Gasteiger partial charge in [0.1, 0.15) is 0 Å². The summed E-state index contributed by atoms with van der Waals surface area (Å²) < 4.78 is 1.18. The van der Waals surface area contributed by atoms with Crippen molar-refractivity contribution >= 4 is 27.3 Å². The molecule has 1 aliphatic rings. The molecule has 1 aromatic heterocycles. The summed E-state index contributed by atoms with van der Waals surface area (Å²) in [5.41, 5.74) is 6.72. The zero-order valence-electron chi connectivity index (χ0n) is 8.42. The second-order valence-electron chi connectivity index (χ2n) is 4.62. The summed E-state index contributed by atoms with van der Waals surface area (Å²) >= 11 is 5.24. The van der Waals surface area contributed by atoms with Crippen molar-refractivity contribution in [1.82, 2.24) is 0 Å². The SMILES string of the molecule is CC1(CC(N)c2ccc(Br)s2)CCC1. The van der Waals surface area contributed by atoms with Gasteiger partial charge in [-0.1, -0.05) is 13.3 Å². The third kappa shape index (κ3) is 2.20. The minimum atomic E-state index is 0.233. The topological polar surface area (TPSA) is 26.0 Å². The zero-order valence-corrected chi connectivity index (χ0v) is 10.8. The Kier molecular flexibility index (Phi) is 3.01. The second kappa shape index (κ2) is 3.95. The highest BCUT2D eigenvalue weighted by molar-refractivity contribution is 9.11. The van der Waals surface area contributed by atoms with Gasteiger partial charge < -0.3 is 5.73 Å². The monoisotopic (exact) mass is 273 g/mol. The van der Waals surface area contributed by atoms with E-state index < -0.39 is 0 Å². The molecule has 2 rings (SSSR count). The van der Waals surface area contributed by atoms with Crippen LogP contribution in [0.2, 0.25) is 0 Å². The fourth-order valence-electron chi connectivity index (χ4n) is 2.14. The fraction of sp³-hybridized carbons (Fsp3) is 0.636. The van der Waals surface area contributed by atoms with E-state index in [0.29, 0.717) is 5.41 Å². The Hall–Kier alpha value is 0.140. The Morgan fingerprint density at radius 2 is 2.29 bits per heavy atom. The van der Waals surface area contributed by atoms with Crippen molar-refractivity contribution in [1.29, 1.82) is 0 Å². The summed E-state index contributed by atoms with van der Waals surface area (Å²) in [5, 5.41) is 0. The molecule has 1 saturated carbocycles. The largest absolute Gasteiger partial charge is 0.323 e. The lowest BCUT2D eigenvalue weighted by Crippen LogP contribution is -2.29. The molecule has 0 amide bonds. The molecule has 1 atom stereocenters. The van der Waals surface area contributed by atoms with Gasteiger partial charge in [0.25, 0.3) is 0 Å². The van der Waals surface area contributed by atoms with Gasteiger partial charge in [-0.15, -0.1) is 11.3 Å². The van der Waals surface area contributed by atoms with Crippen LogP contribution in [0.1, 0.15) is 43.5 Å². The molecule has 2 N–H and O–H groups in total. The molecule has 0 bridgehead atoms. The first kappa shape index (κ1) is 10.7. The van der Waals surface area contributed by atoms with Gasteiger partial charge in [-0.2, -0.15) is 0 Å². The molecule has 1 nitrogen and oxygen atoms in total. The summed E-state index contributed by atoms with van der Waals surface area (Å²) in [5.74, 6) is 0. The van der Waals surface area contributed by atoms with E-state index in [0.717, 1.165) is 6.42 Å². The van der Waals surface area contributed by atoms with Crippen LogP contribution >= 0.6 is 27.3 Å². The van der Waals surface area contributed by atoms with E-state index in [2.05, 4.69) is 35.0 Å². The predicted octanol–water partition coefficient (Wildman–Crippen LogP) is 4.09. The van der Waals surface area contributed by atoms with Gasteiger partial charge in [0.2, 0.25) is 0 Å². The van der Waals surface area contributed by atoms with Crippen LogP contribution in [0, 0.1) is 5.41 Å². The third-order valence-electron chi connectivity index (χ3n) is 3.23. The van der Waals surface area contributed by atoms with Gasteiger partial charge in [-0.3, -0.25) is 0 Å². The van der Waals surface area contributed by atoms with Crippen LogP contribution in [0.15, 0.2) is 15.9 Å². The van der Waals surface area contributed by atoms with Gasteiger partial charge in [0, 0.05) is 10.9 Å². The summed E-state index contributed by atoms with van der Waals surface area (Å²) in [4.78, 5) is 1.31. The number of hydrogen-bond acceptors (Lipinski definition) is 2. The van der Waals surface area contributed by atoms with Gasteiger partial charge >= 0.3 is 0 Å². The molecule has 0 aromatic carbocycles. The van der Waals surface area contributed by atoms with Gasteiger partial charge in [-0.25, -0.2) is 0 Å². The highest BCUT2D eigenvalue weighted by Crippen LogP contribution is 2.46. The van der Waals surface area contributed by atoms with Crippen molar-refractivity contribution < 1.29 is 0 Å². The normalized spacial score (nSPS) is 21.6. The Morgan fingerprint density at radius 3 is 2.71 bits per heavy atom. The molecule has 14 heavy (non-hydrogen) atoms. The van der Waals surface area contributed by atoms with E-state index in [9.17, 15) is 0 Å². The number of thiophene rings is 1. The van der Waals surface area contributed by atoms with E-state index in [-0.39, 0.29) is 6.04 Å². The molecule has 0 spiro atoms. The van der Waals surface area contributed by atoms with E-state index >= 15 is 0 Å². The third-order valence-corrected chi connectivity index (χ3v) is 4.99. The fourth-order valence-corrected chi connectivity index (χ4v) is 3.57. The quantitative estimate of drug-likeness (QED) is 0.882. The van der Waals surface area contributed by atoms with E-state index in [4.69, 9.17) is 5.73 Å². The van der Waals surface area contributed by atoms with E-state index in [1.54, 1.807) is 11.3 Å². The number of nitrogens with two attached hydrogens (primary N) is 1. The molecule has 1 aromatic rings. The Labute approximate surface area is 97.8 Å². The van der Waals surface area contributed by atoms with Crippen molar-refractivity contribution in [3.05, 3.63) is 20.8 Å². The maximum Gasteiger partial charge on any atom is 0.0701 e. The first-order chi connectivity index (χ1) is 6.59. The molecular formula is C11H16BrNS. The second-order valence-corrected chi connectivity index (χ2v) is 7.11. The van der Waals surface area contributed by atoms with Gasteiger partial charge in [0.15, 0.2) is 0 Å². The Balaban J connectivity index is 1.98. The van der Waals surface area contributed by atoms with Crippen molar-refractivity contribution in [2.75, 3.05) is 0 Å². The Bertz CT molecular complexity index is 317. The number of hydrogen-bond donors (Lipinski definition) is 1. The molecule has 1 unspecified atom stereocenters. The smallest absolute Gasteiger partial charge is 0.0701 e. The Morgan fingerprint density at radius 1 is 1.57 bits per heavy atom. The van der Waals surface area contributed by atoms with Crippen molar-refractivity contribution in [2.45, 2.75) is 38.6 Å². The first-order valence-electron chi connectivity index (χ1n) is 5.10. The van der Waals surface area contributed by atoms with Crippen LogP contribution in [-0.2, 0) is 0 Å². The predicted molar refractivity (Wildman–Crippen MR) is 65.5 cm³/mol. The summed E-state index contributed by atoms with van der Waals surface area (Å²) in [7, 11) is 0. The van der Waals surface area contributed by atoms with Crippen molar-refractivity contribution in [3.8, 4) is 0 Å². The highest BCUT2D eigenvalue weighted by Gasteiger charge is 2.33. The van der Waals surface area contributed by atoms with Crippen molar-refractivity contribution in [3.63, 3.8) is 0 Å². The number of rotatable bonds is 3. The molecule has 0 aliphatic heterocycles. The van der Waals surface area contributed by atoms with E-state index in [1.807, 2.05) is 0 Å². The molecular weight excluding hydrogens is 258 g/mol. The van der Waals surface area contributed by atoms with Crippen LogP contribution < -0.4 is 5.73 Å². The van der Waals surface area contributed by atoms with Crippen LogP contribution in [-0.4, -0.2) is 0 Å². The van der Waals surface area contributed by atoms with Crippen LogP contribution in [0.5, 0.6) is 0 Å². The summed E-state index contributed by atoms with van der Waals surface area (Å²) in [6, 6.07) is 4.46. The number of halogens is 1. The van der Waals surface area contributed by atoms with Gasteiger partial charge in [-0.05, 0) is 52.7 Å². The molecule has 1 heterocycles. The maximum atomic E-state index is 6.19. The van der Waals surface area contributed by atoms with E-state index in [1.165, 1.54) is 27.9 Å². The molecule has 1 aliphatic carbocycles. The standard InChI is InChI=1S/C11H16BrNS/c1-11(5-2-6-11)7-8(13)9-3-4-10(12)14-9/h3-4,8H,2,5-7,13H2,1H3. The lowest BCUT2D eigenvalue weighted by atomic mass is 9.67. The molecule has 0 saturated heterocycles. The molecule has 3 heteroatoms. The molecule has 0 radical (unpaired) electrons. The van der Waals surface area contributed by atoms with Gasteiger partial charge in [0.05, 0.1) is 3.79 Å². The lowest BCUT2D eigenvalue weighted by Gasteiger charge is -2.40. The highest BCUT2D eigenvalue weighted by atomic mass is 79.9. The van der Waals surface area contributed by atoms with Crippen molar-refractivity contribution in [2.24, 2.45) is 11.1 Å². The van der Waals surface area contributed by atoms with Crippen LogP contribution in [0.3, 0.4) is 0 Å². The summed E-state index contributed by atoms with van der Waals surface area (Å²) in [6.45, 7) is 2.36. The minimum Gasteiger partial charge on any atom is -0.323 e. The lowest BCUT2D eigenvalue weighted by molar-refractivity contribution is 0.135. The summed E-state index contributed by atoms with van der Waals surface area (Å²) in [6.07, 6.45) is 5.23. The molecule has 78 valence electrons. The van der Waals surface area contributed by atoms with Crippen LogP contribution in [0.4, 0.5) is 0 Å². The minimum absolute atomic E-state index is 0.233. The average Bonchev–Trinajstić information content (AvgIpc) is 2.49. The first-order valence-corrected chi connectivity index (χ1v) is 6.71. The molecule has 1 fully saturated rings. The van der Waals surface area contributed by atoms with Crippen LogP contribution in [0.25, 0.3) is 0 Å².